The fraction of sp³-hybridized carbons (Fsp3) is 0.0385. The number of hydrogen-bond donors (Lipinski definition) is 0. The molecule has 7 heteroatoms. The molecule has 0 atom stereocenters. The Morgan fingerprint density at radius 3 is 1.22 bits per heavy atom. The molecule has 0 aliphatic heterocycles. The highest BCUT2D eigenvalue weighted by Gasteiger charge is 2.30. The Bertz CT molecular complexity index is 3370. The summed E-state index contributed by atoms with van der Waals surface area (Å²) in [6, 6.07) is 59.0. The molecule has 0 N–H and O–H groups in total. The number of benzene rings is 9. The van der Waals surface area contributed by atoms with Gasteiger partial charge in [-0.1, -0.05) is 66.2 Å². The van der Waals surface area contributed by atoms with Gasteiger partial charge in [0.25, 0.3) is 0 Å². The maximum atomic E-state index is 13.5. The number of fused-ring (bicyclic) bond motifs is 9. The van der Waals surface area contributed by atoms with Gasteiger partial charge in [-0.2, -0.15) is 13.2 Å². The van der Waals surface area contributed by atoms with Gasteiger partial charge >= 0.3 is 6.18 Å². The van der Waals surface area contributed by atoms with E-state index in [9.17, 15) is 13.2 Å². The zero-order chi connectivity index (χ0) is 39.8. The van der Waals surface area contributed by atoms with E-state index in [2.05, 4.69) is 103 Å². The third-order valence-corrected chi connectivity index (χ3v) is 11.2. The highest BCUT2D eigenvalue weighted by Crippen LogP contribution is 2.44. The lowest BCUT2D eigenvalue weighted by atomic mass is 10.0. The third kappa shape index (κ3) is 5.93. The Hall–Kier alpha value is -7.51. The van der Waals surface area contributed by atoms with Crippen molar-refractivity contribution in [2.75, 3.05) is 9.80 Å². The average Bonchev–Trinajstić information content (AvgIpc) is 3.80. The predicted octanol–water partition coefficient (Wildman–Crippen LogP) is 16.1. The van der Waals surface area contributed by atoms with E-state index in [1.165, 1.54) is 17.7 Å². The average molecular weight is 775 g/mol. The Kier molecular flexibility index (Phi) is 7.82. The van der Waals surface area contributed by atoms with Crippen LogP contribution < -0.4 is 9.80 Å². The Balaban J connectivity index is 1.03. The summed E-state index contributed by atoms with van der Waals surface area (Å²) >= 11 is 0. The first-order valence-electron chi connectivity index (χ1n) is 19.4. The van der Waals surface area contributed by atoms with Gasteiger partial charge in [-0.15, -0.1) is 0 Å². The molecular formula is C52H33F3N2O2. The lowest BCUT2D eigenvalue weighted by molar-refractivity contribution is -0.137. The second-order valence-corrected chi connectivity index (χ2v) is 15.0. The molecule has 2 aromatic heterocycles. The Morgan fingerprint density at radius 1 is 0.373 bits per heavy atom. The van der Waals surface area contributed by atoms with Crippen molar-refractivity contribution in [3.8, 4) is 0 Å². The molecule has 0 aliphatic rings. The number of hydrogen-bond acceptors (Lipinski definition) is 4. The molecule has 9 aromatic carbocycles. The van der Waals surface area contributed by atoms with Gasteiger partial charge in [-0.3, -0.25) is 0 Å². The maximum absolute atomic E-state index is 13.5. The standard InChI is InChI=1S/C52H33F3N2O2/c1-32-12-18-40(19-13-32)56(38-8-4-2-5-9-38)42-20-14-33-28-44-48(30-35(33)26-42)58-46-24-25-47-51(50(44)46)45-29-34-15-21-43(27-36(34)31-49(45)59-47)57(39-10-6-3-7-11-39)41-22-16-37(17-23-41)52(53,54)55/h2-31H,1H3. The molecule has 284 valence electrons. The van der Waals surface area contributed by atoms with Crippen molar-refractivity contribution in [2.24, 2.45) is 0 Å². The monoisotopic (exact) mass is 774 g/mol. The second-order valence-electron chi connectivity index (χ2n) is 15.0. The fourth-order valence-electron chi connectivity index (χ4n) is 8.41. The number of rotatable bonds is 6. The van der Waals surface area contributed by atoms with Crippen LogP contribution in [0.25, 0.3) is 65.4 Å². The summed E-state index contributed by atoms with van der Waals surface area (Å²) < 4.78 is 53.5. The lowest BCUT2D eigenvalue weighted by Gasteiger charge is -2.26. The van der Waals surface area contributed by atoms with E-state index in [1.54, 1.807) is 0 Å². The van der Waals surface area contributed by atoms with Crippen molar-refractivity contribution in [1.82, 2.24) is 0 Å². The molecule has 4 nitrogen and oxygen atoms in total. The van der Waals surface area contributed by atoms with Crippen LogP contribution in [-0.4, -0.2) is 0 Å². The molecule has 0 saturated carbocycles. The van der Waals surface area contributed by atoms with Crippen LogP contribution in [0, 0.1) is 6.92 Å². The van der Waals surface area contributed by atoms with Crippen molar-refractivity contribution in [3.63, 3.8) is 0 Å². The molecule has 0 fully saturated rings. The van der Waals surface area contributed by atoms with Crippen molar-refractivity contribution in [2.45, 2.75) is 13.1 Å². The number of nitrogens with zero attached hydrogens (tertiary/aromatic N) is 2. The van der Waals surface area contributed by atoms with Gasteiger partial charge < -0.3 is 18.6 Å². The van der Waals surface area contributed by atoms with Gasteiger partial charge in [0.2, 0.25) is 0 Å². The van der Waals surface area contributed by atoms with Crippen LogP contribution in [0.5, 0.6) is 0 Å². The van der Waals surface area contributed by atoms with Crippen LogP contribution in [0.15, 0.2) is 191 Å². The van der Waals surface area contributed by atoms with Crippen LogP contribution in [-0.2, 0) is 6.18 Å². The van der Waals surface area contributed by atoms with E-state index >= 15 is 0 Å². The minimum absolute atomic E-state index is 0.617. The van der Waals surface area contributed by atoms with Crippen molar-refractivity contribution < 1.29 is 22.0 Å². The number of aryl methyl sites for hydroxylation is 1. The molecule has 0 aliphatic carbocycles. The summed E-state index contributed by atoms with van der Waals surface area (Å²) in [4.78, 5) is 4.22. The minimum Gasteiger partial charge on any atom is -0.456 e. The zero-order valence-electron chi connectivity index (χ0n) is 31.7. The van der Waals surface area contributed by atoms with E-state index < -0.39 is 11.7 Å². The molecule has 0 spiro atoms. The number of alkyl halides is 3. The molecule has 0 bridgehead atoms. The lowest BCUT2D eigenvalue weighted by Crippen LogP contribution is -2.11. The summed E-state index contributed by atoms with van der Waals surface area (Å²) in [5.74, 6) is 0. The highest BCUT2D eigenvalue weighted by molar-refractivity contribution is 6.27. The number of halogens is 3. The predicted molar refractivity (Wildman–Crippen MR) is 235 cm³/mol. The van der Waals surface area contributed by atoms with E-state index in [-0.39, 0.29) is 0 Å². The van der Waals surface area contributed by atoms with E-state index in [0.717, 1.165) is 106 Å². The Morgan fingerprint density at radius 2 is 0.780 bits per heavy atom. The highest BCUT2D eigenvalue weighted by atomic mass is 19.4. The largest absolute Gasteiger partial charge is 0.456 e. The van der Waals surface area contributed by atoms with Gasteiger partial charge in [0, 0.05) is 55.7 Å². The minimum atomic E-state index is -4.42. The summed E-state index contributed by atoms with van der Waals surface area (Å²) in [6.45, 7) is 2.10. The number of para-hydroxylation sites is 2. The van der Waals surface area contributed by atoms with Gasteiger partial charge in [0.15, 0.2) is 0 Å². The molecule has 11 rings (SSSR count). The summed E-state index contributed by atoms with van der Waals surface area (Å²) in [5.41, 5.74) is 9.04. The normalized spacial score (nSPS) is 12.1. The van der Waals surface area contributed by atoms with Crippen molar-refractivity contribution in [1.29, 1.82) is 0 Å². The van der Waals surface area contributed by atoms with Crippen LogP contribution in [0.1, 0.15) is 11.1 Å². The zero-order valence-corrected chi connectivity index (χ0v) is 31.7. The second kappa shape index (κ2) is 13.3. The van der Waals surface area contributed by atoms with E-state index in [0.29, 0.717) is 5.69 Å². The van der Waals surface area contributed by atoms with Crippen LogP contribution in [0.3, 0.4) is 0 Å². The van der Waals surface area contributed by atoms with E-state index in [1.807, 2.05) is 71.6 Å². The Labute approximate surface area is 336 Å². The third-order valence-electron chi connectivity index (χ3n) is 11.2. The molecule has 59 heavy (non-hydrogen) atoms. The molecule has 0 radical (unpaired) electrons. The maximum Gasteiger partial charge on any atom is 0.416 e. The first-order valence-corrected chi connectivity index (χ1v) is 19.4. The quantitative estimate of drug-likeness (QED) is 0.168. The fourth-order valence-corrected chi connectivity index (χ4v) is 8.41. The van der Waals surface area contributed by atoms with Crippen LogP contribution in [0.4, 0.5) is 47.3 Å². The van der Waals surface area contributed by atoms with Crippen molar-refractivity contribution >= 4 is 99.5 Å². The smallest absolute Gasteiger partial charge is 0.416 e. The van der Waals surface area contributed by atoms with Gasteiger partial charge in [-0.05, 0) is 150 Å². The molecular weight excluding hydrogens is 742 g/mol. The van der Waals surface area contributed by atoms with Gasteiger partial charge in [0.1, 0.15) is 22.3 Å². The van der Waals surface area contributed by atoms with E-state index in [4.69, 9.17) is 8.83 Å². The van der Waals surface area contributed by atoms with Crippen LogP contribution >= 0.6 is 0 Å². The SMILES string of the molecule is Cc1ccc(N(c2ccccc2)c2ccc3cc4c(cc3c2)oc2ccc3oc5cc6cc(N(c7ccccc7)c7ccc(C(F)(F)F)cc7)ccc6cc5c3c24)cc1. The molecule has 11 aromatic rings. The van der Waals surface area contributed by atoms with Crippen LogP contribution in [0.2, 0.25) is 0 Å². The summed E-state index contributed by atoms with van der Waals surface area (Å²) in [5, 5.41) is 8.08. The summed E-state index contributed by atoms with van der Waals surface area (Å²) in [7, 11) is 0. The molecule has 2 heterocycles. The summed E-state index contributed by atoms with van der Waals surface area (Å²) in [6.07, 6.45) is -4.42. The molecule has 0 amide bonds. The topological polar surface area (TPSA) is 32.8 Å². The van der Waals surface area contributed by atoms with Gasteiger partial charge in [0.05, 0.1) is 5.56 Å². The van der Waals surface area contributed by atoms with Crippen molar-refractivity contribution in [3.05, 3.63) is 193 Å². The molecule has 0 saturated heterocycles. The van der Waals surface area contributed by atoms with Gasteiger partial charge in [-0.25, -0.2) is 0 Å². The number of anilines is 6. The first kappa shape index (κ1) is 34.7. The molecule has 0 unspecified atom stereocenters. The number of furan rings is 2. The first-order chi connectivity index (χ1) is 28.7.